The van der Waals surface area contributed by atoms with Crippen molar-refractivity contribution in [2.45, 2.75) is 18.4 Å². The van der Waals surface area contributed by atoms with Crippen molar-refractivity contribution in [3.8, 4) is 5.75 Å². The Kier molecular flexibility index (Phi) is 10.1. The standard InChI is InChI=1S/C28H33ClN5O10PS/c1-31(2)9-11-43-19-3-6-22-17(13-19)14-23(30-22)28(35)32-16-18(15-29)26-20-4-8-25(27(34(36)37)21(20)5-7-24(26)32)33(46(41)42)10-12-44-45(38,39)40/h3-8,13,18,23,30,46H,9-12,14-16H2,1-2H3,(H2,38,39,40). The first-order chi connectivity index (χ1) is 21.8. The number of hydrogen-bond acceptors (Lipinski definition) is 10. The highest BCUT2D eigenvalue weighted by molar-refractivity contribution is 7.74. The van der Waals surface area contributed by atoms with Crippen LogP contribution in [0.5, 0.6) is 5.75 Å². The van der Waals surface area contributed by atoms with Crippen LogP contribution >= 0.6 is 19.4 Å². The minimum absolute atomic E-state index is 0.121. The lowest BCUT2D eigenvalue weighted by Gasteiger charge is -2.22. The molecule has 2 aliphatic rings. The number of anilines is 3. The molecule has 15 nitrogen and oxygen atoms in total. The molecule has 3 aromatic rings. The summed E-state index contributed by atoms with van der Waals surface area (Å²) < 4.78 is 46.1. The Morgan fingerprint density at radius 2 is 1.89 bits per heavy atom. The van der Waals surface area contributed by atoms with E-state index in [4.69, 9.17) is 26.1 Å². The first-order valence-corrected chi connectivity index (χ1v) is 17.4. The number of carbonyl (C=O) groups is 1. The van der Waals surface area contributed by atoms with Gasteiger partial charge in [-0.1, -0.05) is 6.07 Å². The highest BCUT2D eigenvalue weighted by Gasteiger charge is 2.39. The van der Waals surface area contributed by atoms with Crippen LogP contribution in [0.2, 0.25) is 0 Å². The second-order valence-corrected chi connectivity index (χ2v) is 13.6. The van der Waals surface area contributed by atoms with Crippen molar-refractivity contribution in [1.29, 1.82) is 0 Å². The molecule has 18 heteroatoms. The summed E-state index contributed by atoms with van der Waals surface area (Å²) in [6.07, 6.45) is 0.438. The van der Waals surface area contributed by atoms with Gasteiger partial charge in [-0.25, -0.2) is 13.0 Å². The smallest absolute Gasteiger partial charge is 0.469 e. The number of amides is 1. The van der Waals surface area contributed by atoms with Crippen molar-refractivity contribution >= 4 is 69.7 Å². The van der Waals surface area contributed by atoms with Gasteiger partial charge in [-0.2, -0.15) is 0 Å². The van der Waals surface area contributed by atoms with Crippen LogP contribution in [-0.2, 0) is 31.2 Å². The average molecular weight is 698 g/mol. The minimum Gasteiger partial charge on any atom is -0.492 e. The zero-order valence-electron chi connectivity index (χ0n) is 24.9. The highest BCUT2D eigenvalue weighted by Crippen LogP contribution is 2.47. The van der Waals surface area contributed by atoms with E-state index in [1.807, 2.05) is 37.2 Å². The van der Waals surface area contributed by atoms with Crippen molar-refractivity contribution in [3.05, 3.63) is 63.7 Å². The van der Waals surface area contributed by atoms with E-state index in [0.29, 0.717) is 39.7 Å². The number of fused-ring (bicyclic) bond motifs is 4. The molecule has 3 N–H and O–H groups in total. The Labute approximate surface area is 271 Å². The summed E-state index contributed by atoms with van der Waals surface area (Å²) in [6.45, 7) is 0.253. The first kappa shape index (κ1) is 33.9. The zero-order chi connectivity index (χ0) is 33.3. The molecule has 3 aromatic carbocycles. The number of ether oxygens (including phenoxy) is 1. The van der Waals surface area contributed by atoms with E-state index in [-0.39, 0.29) is 35.3 Å². The number of hydrogen-bond donors (Lipinski definition) is 4. The molecule has 2 atom stereocenters. The van der Waals surface area contributed by atoms with Gasteiger partial charge >= 0.3 is 13.5 Å². The number of nitro benzene ring substituents is 1. The molecular weight excluding hydrogens is 665 g/mol. The zero-order valence-corrected chi connectivity index (χ0v) is 27.4. The van der Waals surface area contributed by atoms with Gasteiger partial charge in [-0.05, 0) is 67.0 Å². The fraction of sp³-hybridized carbons (Fsp3) is 0.393. The van der Waals surface area contributed by atoms with E-state index >= 15 is 0 Å². The van der Waals surface area contributed by atoms with Crippen LogP contribution in [0, 0.1) is 10.1 Å². The molecule has 2 heterocycles. The third-order valence-corrected chi connectivity index (χ3v) is 9.58. The lowest BCUT2D eigenvalue weighted by Crippen LogP contribution is -2.41. The van der Waals surface area contributed by atoms with Crippen molar-refractivity contribution in [2.24, 2.45) is 0 Å². The van der Waals surface area contributed by atoms with E-state index in [2.05, 4.69) is 9.84 Å². The number of halogens is 1. The number of nitro groups is 1. The van der Waals surface area contributed by atoms with Gasteiger partial charge in [0.2, 0.25) is 16.8 Å². The third-order valence-electron chi connectivity index (χ3n) is 7.88. The number of alkyl halides is 1. The number of likely N-dealkylation sites (N-methyl/N-ethyl adjacent to an activating group) is 1. The predicted octanol–water partition coefficient (Wildman–Crippen LogP) is 2.84. The lowest BCUT2D eigenvalue weighted by molar-refractivity contribution is -0.382. The number of nitrogens with zero attached hydrogens (tertiary/aromatic N) is 4. The molecule has 2 unspecified atom stereocenters. The summed E-state index contributed by atoms with van der Waals surface area (Å²) in [5.41, 5.74) is 2.14. The average Bonchev–Trinajstić information content (AvgIpc) is 3.59. The maximum absolute atomic E-state index is 13.9. The highest BCUT2D eigenvalue weighted by atomic mass is 35.5. The Morgan fingerprint density at radius 1 is 1.15 bits per heavy atom. The topological polar surface area (TPSA) is 192 Å². The van der Waals surface area contributed by atoms with Crippen molar-refractivity contribution < 1.29 is 41.7 Å². The third kappa shape index (κ3) is 7.08. The molecule has 46 heavy (non-hydrogen) atoms. The Bertz CT molecular complexity index is 1790. The Hall–Kier alpha value is -3.50. The summed E-state index contributed by atoms with van der Waals surface area (Å²) in [5.74, 6) is 0.283. The molecule has 0 radical (unpaired) electrons. The number of carbonyl (C=O) groups excluding carboxylic acids is 1. The van der Waals surface area contributed by atoms with Gasteiger partial charge in [0.15, 0.2) is 0 Å². The molecule has 0 saturated carbocycles. The van der Waals surface area contributed by atoms with Gasteiger partial charge < -0.3 is 29.6 Å². The summed E-state index contributed by atoms with van der Waals surface area (Å²) in [5, 5.41) is 16.2. The normalized spacial score (nSPS) is 17.3. The number of phosphoric acid groups is 1. The fourth-order valence-corrected chi connectivity index (χ4v) is 7.00. The maximum Gasteiger partial charge on any atom is 0.469 e. The molecular formula is C28H33ClN5O10PS. The fourth-order valence-electron chi connectivity index (χ4n) is 5.85. The number of nitrogens with one attached hydrogen (secondary N) is 1. The number of thiol groups is 1. The summed E-state index contributed by atoms with van der Waals surface area (Å²) >= 11 is 6.37. The summed E-state index contributed by atoms with van der Waals surface area (Å²) in [4.78, 5) is 47.1. The van der Waals surface area contributed by atoms with Crippen LogP contribution in [0.15, 0.2) is 42.5 Å². The molecule has 0 aliphatic carbocycles. The quantitative estimate of drug-likeness (QED) is 0.0672. The van der Waals surface area contributed by atoms with Gasteiger partial charge in [0, 0.05) is 42.7 Å². The molecule has 0 aromatic heterocycles. The number of benzene rings is 3. The maximum atomic E-state index is 13.9. The van der Waals surface area contributed by atoms with E-state index in [9.17, 15) is 27.9 Å². The van der Waals surface area contributed by atoms with Gasteiger partial charge in [0.05, 0.1) is 23.5 Å². The van der Waals surface area contributed by atoms with Gasteiger partial charge in [0.1, 0.15) is 24.1 Å². The van der Waals surface area contributed by atoms with E-state index in [1.165, 1.54) is 18.2 Å². The van der Waals surface area contributed by atoms with Crippen LogP contribution in [0.3, 0.4) is 0 Å². The molecule has 0 saturated heterocycles. The Morgan fingerprint density at radius 3 is 2.54 bits per heavy atom. The van der Waals surface area contributed by atoms with Crippen molar-refractivity contribution in [1.82, 2.24) is 4.90 Å². The molecule has 5 rings (SSSR count). The molecule has 2 aliphatic heterocycles. The van der Waals surface area contributed by atoms with Gasteiger partial charge in [0.25, 0.3) is 0 Å². The largest absolute Gasteiger partial charge is 0.492 e. The van der Waals surface area contributed by atoms with Gasteiger partial charge in [-0.3, -0.25) is 23.7 Å². The minimum atomic E-state index is -4.90. The SMILES string of the molecule is CN(C)CCOc1ccc2c(c1)CC(C(=O)N1CC(CCl)c3c1ccc1c([N+](=O)[O-])c(N(CCOP(=O)(O)O)[SH](=O)=O)ccc31)N2. The van der Waals surface area contributed by atoms with E-state index in [1.54, 1.807) is 11.0 Å². The monoisotopic (exact) mass is 697 g/mol. The molecule has 248 valence electrons. The van der Waals surface area contributed by atoms with Crippen LogP contribution in [0.1, 0.15) is 17.0 Å². The van der Waals surface area contributed by atoms with Crippen LogP contribution in [-0.4, -0.2) is 92.8 Å². The van der Waals surface area contributed by atoms with E-state index in [0.717, 1.165) is 17.8 Å². The van der Waals surface area contributed by atoms with Crippen molar-refractivity contribution in [3.63, 3.8) is 0 Å². The molecule has 0 bridgehead atoms. The molecule has 1 amide bonds. The Balaban J connectivity index is 1.44. The van der Waals surface area contributed by atoms with Crippen LogP contribution in [0.4, 0.5) is 22.7 Å². The number of rotatable bonds is 13. The van der Waals surface area contributed by atoms with Crippen molar-refractivity contribution in [2.75, 3.05) is 67.3 Å². The lowest BCUT2D eigenvalue weighted by atomic mass is 9.94. The van der Waals surface area contributed by atoms with Gasteiger partial charge in [-0.15, -0.1) is 11.6 Å². The molecule has 0 fully saturated rings. The van der Waals surface area contributed by atoms with E-state index < -0.39 is 48.5 Å². The second kappa shape index (κ2) is 13.7. The van der Waals surface area contributed by atoms with Crippen LogP contribution < -0.4 is 19.3 Å². The molecule has 0 spiro atoms. The first-order valence-electron chi connectivity index (χ1n) is 14.2. The predicted molar refractivity (Wildman–Crippen MR) is 174 cm³/mol. The van der Waals surface area contributed by atoms with Crippen LogP contribution in [0.25, 0.3) is 10.8 Å². The summed E-state index contributed by atoms with van der Waals surface area (Å²) in [7, 11) is -4.42. The summed E-state index contributed by atoms with van der Waals surface area (Å²) in [6, 6.07) is 10.9. The second-order valence-electron chi connectivity index (χ2n) is 11.1. The number of phosphoric ester groups is 1.